The lowest BCUT2D eigenvalue weighted by atomic mass is 10.0. The highest BCUT2D eigenvalue weighted by Gasteiger charge is 2.34. The van der Waals surface area contributed by atoms with Crippen molar-refractivity contribution in [3.05, 3.63) is 0 Å². The fourth-order valence-corrected chi connectivity index (χ4v) is 3.46. The fraction of sp³-hybridized carbons (Fsp3) is 0.815. The SMILES string of the molecule is CCNC(=O)CCOCC(COCCC(=O)NCC)(COCCC(=O)NCC)NC(=O)CCCC(=O)C(C)C. The molecule has 0 saturated heterocycles. The zero-order valence-electron chi connectivity index (χ0n) is 24.4. The Hall–Kier alpha value is -2.57. The van der Waals surface area contributed by atoms with Crippen LogP contribution in [0.3, 0.4) is 0 Å². The Morgan fingerprint density at radius 3 is 1.31 bits per heavy atom. The summed E-state index contributed by atoms with van der Waals surface area (Å²) >= 11 is 0. The second kappa shape index (κ2) is 22.3. The molecule has 0 radical (unpaired) electrons. The number of hydrogen-bond acceptors (Lipinski definition) is 8. The van der Waals surface area contributed by atoms with Crippen molar-refractivity contribution in [2.45, 2.75) is 78.7 Å². The predicted octanol–water partition coefficient (Wildman–Crippen LogP) is 0.865. The van der Waals surface area contributed by atoms with Gasteiger partial charge in [-0.3, -0.25) is 24.0 Å². The molecule has 0 aliphatic rings. The predicted molar refractivity (Wildman–Crippen MR) is 147 cm³/mol. The van der Waals surface area contributed by atoms with Gasteiger partial charge in [0.1, 0.15) is 11.3 Å². The van der Waals surface area contributed by atoms with Gasteiger partial charge < -0.3 is 35.5 Å². The summed E-state index contributed by atoms with van der Waals surface area (Å²) in [6, 6.07) is 0. The number of carbonyl (C=O) groups excluding carboxylic acids is 5. The molecule has 4 amide bonds. The van der Waals surface area contributed by atoms with E-state index >= 15 is 0 Å². The van der Waals surface area contributed by atoms with Crippen LogP contribution in [-0.4, -0.2) is 94.2 Å². The van der Waals surface area contributed by atoms with Crippen LogP contribution in [-0.2, 0) is 38.2 Å². The third-order valence-electron chi connectivity index (χ3n) is 5.55. The largest absolute Gasteiger partial charge is 0.378 e. The van der Waals surface area contributed by atoms with E-state index < -0.39 is 5.54 Å². The van der Waals surface area contributed by atoms with E-state index in [1.807, 2.05) is 34.6 Å². The first-order valence-electron chi connectivity index (χ1n) is 14.0. The summed E-state index contributed by atoms with van der Waals surface area (Å²) in [6.45, 7) is 10.9. The average molecular weight is 559 g/mol. The molecule has 0 spiro atoms. The van der Waals surface area contributed by atoms with Gasteiger partial charge in [0, 0.05) is 57.7 Å². The van der Waals surface area contributed by atoms with E-state index in [1.54, 1.807) is 0 Å². The summed E-state index contributed by atoms with van der Waals surface area (Å²) in [4.78, 5) is 60.3. The average Bonchev–Trinajstić information content (AvgIpc) is 2.87. The van der Waals surface area contributed by atoms with Gasteiger partial charge in [0.05, 0.1) is 39.6 Å². The monoisotopic (exact) mass is 558 g/mol. The molecule has 0 aromatic rings. The molecular formula is C27H50N4O8. The van der Waals surface area contributed by atoms with Gasteiger partial charge in [-0.15, -0.1) is 0 Å². The lowest BCUT2D eigenvalue weighted by Crippen LogP contribution is -2.58. The quantitative estimate of drug-likeness (QED) is 0.127. The number of hydrogen-bond donors (Lipinski definition) is 4. The molecular weight excluding hydrogens is 508 g/mol. The number of ketones is 1. The Labute approximate surface area is 233 Å². The molecule has 4 N–H and O–H groups in total. The highest BCUT2D eigenvalue weighted by Crippen LogP contribution is 2.12. The molecule has 0 bridgehead atoms. The van der Waals surface area contributed by atoms with Crippen LogP contribution in [0.1, 0.15) is 73.1 Å². The molecule has 12 heteroatoms. The maximum absolute atomic E-state index is 12.9. The number of Topliss-reactive ketones (excluding diaryl/α,β-unsaturated/α-hetero) is 1. The maximum Gasteiger partial charge on any atom is 0.222 e. The Morgan fingerprint density at radius 2 is 0.974 bits per heavy atom. The minimum Gasteiger partial charge on any atom is -0.378 e. The van der Waals surface area contributed by atoms with Crippen LogP contribution >= 0.6 is 0 Å². The first kappa shape index (κ1) is 36.4. The first-order valence-corrected chi connectivity index (χ1v) is 14.0. The Balaban J connectivity index is 5.40. The van der Waals surface area contributed by atoms with Gasteiger partial charge in [0.15, 0.2) is 0 Å². The summed E-state index contributed by atoms with van der Waals surface area (Å²) in [5, 5.41) is 11.0. The number of amides is 4. The minimum atomic E-state index is -1.14. The van der Waals surface area contributed by atoms with Crippen molar-refractivity contribution in [1.29, 1.82) is 0 Å². The van der Waals surface area contributed by atoms with Crippen LogP contribution < -0.4 is 21.3 Å². The zero-order chi connectivity index (χ0) is 29.5. The van der Waals surface area contributed by atoms with Crippen molar-refractivity contribution >= 4 is 29.4 Å². The highest BCUT2D eigenvalue weighted by molar-refractivity contribution is 5.82. The molecule has 0 rings (SSSR count). The number of rotatable bonds is 24. The van der Waals surface area contributed by atoms with Crippen molar-refractivity contribution in [3.63, 3.8) is 0 Å². The lowest BCUT2D eigenvalue weighted by Gasteiger charge is -2.34. The zero-order valence-corrected chi connectivity index (χ0v) is 24.4. The van der Waals surface area contributed by atoms with Crippen molar-refractivity contribution in [3.8, 4) is 0 Å². The van der Waals surface area contributed by atoms with Crippen molar-refractivity contribution in [2.24, 2.45) is 5.92 Å². The van der Waals surface area contributed by atoms with E-state index in [0.717, 1.165) is 0 Å². The van der Waals surface area contributed by atoms with E-state index in [9.17, 15) is 24.0 Å². The molecule has 0 aliphatic heterocycles. The standard InChI is InChI=1S/C27H50N4O8/c1-6-28-23(33)12-15-37-18-27(19-38-16-13-24(34)29-7-2,20-39-17-14-25(35)30-8-3)31-26(36)11-9-10-22(32)21(4)5/h21H,6-20H2,1-5H3,(H,28,33)(H,29,34)(H,30,35)(H,31,36). The highest BCUT2D eigenvalue weighted by atomic mass is 16.5. The molecule has 0 heterocycles. The normalized spacial score (nSPS) is 11.2. The van der Waals surface area contributed by atoms with Gasteiger partial charge in [0.25, 0.3) is 0 Å². The van der Waals surface area contributed by atoms with Gasteiger partial charge in [-0.05, 0) is 27.2 Å². The Morgan fingerprint density at radius 1 is 0.590 bits per heavy atom. The summed E-state index contributed by atoms with van der Waals surface area (Å²) < 4.78 is 17.3. The summed E-state index contributed by atoms with van der Waals surface area (Å²) in [6.07, 6.45) is 1.25. The van der Waals surface area contributed by atoms with Gasteiger partial charge in [-0.2, -0.15) is 0 Å². The molecule has 0 atom stereocenters. The van der Waals surface area contributed by atoms with Crippen LogP contribution in [0.2, 0.25) is 0 Å². The van der Waals surface area contributed by atoms with Crippen LogP contribution in [0, 0.1) is 5.92 Å². The van der Waals surface area contributed by atoms with Crippen LogP contribution in [0.25, 0.3) is 0 Å². The molecule has 0 saturated carbocycles. The number of nitrogens with one attached hydrogen (secondary N) is 4. The van der Waals surface area contributed by atoms with Gasteiger partial charge in [0.2, 0.25) is 23.6 Å². The maximum atomic E-state index is 12.9. The molecule has 0 unspecified atom stereocenters. The van der Waals surface area contributed by atoms with Crippen LogP contribution in [0.15, 0.2) is 0 Å². The van der Waals surface area contributed by atoms with Crippen LogP contribution in [0.4, 0.5) is 0 Å². The second-order valence-electron chi connectivity index (χ2n) is 9.57. The van der Waals surface area contributed by atoms with E-state index in [4.69, 9.17) is 14.2 Å². The Bertz CT molecular complexity index is 681. The molecule has 0 aromatic carbocycles. The molecule has 39 heavy (non-hydrogen) atoms. The topological polar surface area (TPSA) is 161 Å². The third-order valence-corrected chi connectivity index (χ3v) is 5.55. The summed E-state index contributed by atoms with van der Waals surface area (Å²) in [7, 11) is 0. The molecule has 0 aromatic heterocycles. The van der Waals surface area contributed by atoms with Crippen molar-refractivity contribution in [1.82, 2.24) is 21.3 Å². The van der Waals surface area contributed by atoms with Gasteiger partial charge >= 0.3 is 0 Å². The van der Waals surface area contributed by atoms with Crippen LogP contribution in [0.5, 0.6) is 0 Å². The fourth-order valence-electron chi connectivity index (χ4n) is 3.46. The summed E-state index contributed by atoms with van der Waals surface area (Å²) in [5.74, 6) is -0.777. The smallest absolute Gasteiger partial charge is 0.222 e. The van der Waals surface area contributed by atoms with Gasteiger partial charge in [-0.25, -0.2) is 0 Å². The molecule has 226 valence electrons. The molecule has 12 nitrogen and oxygen atoms in total. The van der Waals surface area contributed by atoms with Crippen molar-refractivity contribution in [2.75, 3.05) is 59.3 Å². The van der Waals surface area contributed by atoms with Gasteiger partial charge in [-0.1, -0.05) is 13.8 Å². The number of carbonyl (C=O) groups is 5. The van der Waals surface area contributed by atoms with E-state index in [0.29, 0.717) is 32.5 Å². The third kappa shape index (κ3) is 19.2. The second-order valence-corrected chi connectivity index (χ2v) is 9.57. The van der Waals surface area contributed by atoms with E-state index in [-0.39, 0.29) is 101 Å². The van der Waals surface area contributed by atoms with E-state index in [2.05, 4.69) is 21.3 Å². The first-order chi connectivity index (χ1) is 18.6. The van der Waals surface area contributed by atoms with E-state index in [1.165, 1.54) is 0 Å². The number of ether oxygens (including phenoxy) is 3. The molecule has 0 fully saturated rings. The Kier molecular flexibility index (Phi) is 20.8. The minimum absolute atomic E-state index is 0.0224. The lowest BCUT2D eigenvalue weighted by molar-refractivity contribution is -0.131. The van der Waals surface area contributed by atoms with Crippen molar-refractivity contribution < 1.29 is 38.2 Å². The summed E-state index contributed by atoms with van der Waals surface area (Å²) in [5.41, 5.74) is -1.14. The molecule has 0 aliphatic carbocycles.